The maximum Gasteiger partial charge on any atom is 0.266 e. The predicted molar refractivity (Wildman–Crippen MR) is 125 cm³/mol. The summed E-state index contributed by atoms with van der Waals surface area (Å²) in [4.78, 5) is 20.5. The first kappa shape index (κ1) is 20.0. The van der Waals surface area contributed by atoms with E-state index in [1.54, 1.807) is 23.3 Å². The van der Waals surface area contributed by atoms with Crippen LogP contribution >= 0.6 is 23.2 Å². The monoisotopic (exact) mass is 472 g/mol. The number of fused-ring (bicyclic) bond motifs is 5. The third-order valence-corrected chi connectivity index (χ3v) is 7.88. The van der Waals surface area contributed by atoms with E-state index >= 15 is 0 Å². The van der Waals surface area contributed by atoms with Gasteiger partial charge in [-0.05, 0) is 37.3 Å². The third kappa shape index (κ3) is 2.68. The molecule has 9 nitrogen and oxygen atoms in total. The zero-order valence-corrected chi connectivity index (χ0v) is 19.2. The van der Waals surface area contributed by atoms with Crippen LogP contribution in [0.15, 0.2) is 16.9 Å². The maximum absolute atomic E-state index is 13.5. The molecule has 3 N–H and O–H groups in total. The number of benzene rings is 1. The maximum atomic E-state index is 13.5. The van der Waals surface area contributed by atoms with Gasteiger partial charge in [0.15, 0.2) is 5.65 Å². The molecule has 1 saturated carbocycles. The zero-order valence-electron chi connectivity index (χ0n) is 17.6. The van der Waals surface area contributed by atoms with Crippen LogP contribution in [-0.2, 0) is 14.1 Å². The van der Waals surface area contributed by atoms with Crippen LogP contribution in [0.5, 0.6) is 0 Å². The van der Waals surface area contributed by atoms with Crippen molar-refractivity contribution in [3.05, 3.63) is 32.7 Å². The van der Waals surface area contributed by atoms with E-state index in [1.165, 1.54) is 0 Å². The summed E-state index contributed by atoms with van der Waals surface area (Å²) in [7, 11) is 3.51. The zero-order chi connectivity index (χ0) is 22.3. The van der Waals surface area contributed by atoms with Gasteiger partial charge in [-0.2, -0.15) is 15.2 Å². The van der Waals surface area contributed by atoms with E-state index in [0.717, 1.165) is 25.8 Å². The van der Waals surface area contributed by atoms with E-state index in [2.05, 4.69) is 20.2 Å². The largest absolute Gasteiger partial charge is 0.339 e. The van der Waals surface area contributed by atoms with E-state index < -0.39 is 0 Å². The number of hydrogen-bond donors (Lipinski definition) is 2. The number of aromatic nitrogens is 6. The van der Waals surface area contributed by atoms with Crippen molar-refractivity contribution in [2.24, 2.45) is 25.7 Å². The Labute approximate surface area is 193 Å². The van der Waals surface area contributed by atoms with Gasteiger partial charge in [0.2, 0.25) is 5.95 Å². The molecule has 2 bridgehead atoms. The van der Waals surface area contributed by atoms with Gasteiger partial charge in [0, 0.05) is 38.3 Å². The van der Waals surface area contributed by atoms with E-state index in [1.807, 2.05) is 12.1 Å². The Morgan fingerprint density at radius 2 is 2.00 bits per heavy atom. The summed E-state index contributed by atoms with van der Waals surface area (Å²) in [5.41, 5.74) is 8.30. The molecule has 0 spiro atoms. The lowest BCUT2D eigenvalue weighted by atomic mass is 9.77. The van der Waals surface area contributed by atoms with Gasteiger partial charge in [0.1, 0.15) is 16.2 Å². The second-order valence-corrected chi connectivity index (χ2v) is 9.59. The summed E-state index contributed by atoms with van der Waals surface area (Å²) < 4.78 is 3.17. The second-order valence-electron chi connectivity index (χ2n) is 8.85. The molecule has 3 atom stereocenters. The quantitative estimate of drug-likeness (QED) is 0.463. The molecule has 11 heteroatoms. The minimum atomic E-state index is -0.173. The summed E-state index contributed by atoms with van der Waals surface area (Å²) in [5, 5.41) is 13.6. The van der Waals surface area contributed by atoms with Crippen molar-refractivity contribution < 1.29 is 0 Å². The van der Waals surface area contributed by atoms with Crippen LogP contribution in [0.25, 0.3) is 33.2 Å². The number of nitrogens with one attached hydrogen (secondary N) is 1. The fourth-order valence-corrected chi connectivity index (χ4v) is 5.91. The molecule has 4 aromatic rings. The smallest absolute Gasteiger partial charge is 0.266 e. The van der Waals surface area contributed by atoms with E-state index in [4.69, 9.17) is 33.9 Å². The van der Waals surface area contributed by atoms with Crippen molar-refractivity contribution in [2.45, 2.75) is 31.3 Å². The van der Waals surface area contributed by atoms with Crippen LogP contribution in [0, 0.1) is 5.92 Å². The number of piperidine rings is 2. The number of hydrogen-bond acceptors (Lipinski definition) is 6. The summed E-state index contributed by atoms with van der Waals surface area (Å²) in [5.74, 6) is 1.08. The number of rotatable bonds is 2. The van der Waals surface area contributed by atoms with E-state index in [0.29, 0.717) is 61.3 Å². The predicted octanol–water partition coefficient (Wildman–Crippen LogP) is 2.83. The van der Waals surface area contributed by atoms with Crippen molar-refractivity contribution in [3.63, 3.8) is 0 Å². The van der Waals surface area contributed by atoms with Gasteiger partial charge in [-0.25, -0.2) is 0 Å². The van der Waals surface area contributed by atoms with Crippen LogP contribution in [0.1, 0.15) is 19.3 Å². The van der Waals surface area contributed by atoms with Crippen molar-refractivity contribution in [3.8, 4) is 11.3 Å². The minimum Gasteiger partial charge on any atom is -0.339 e. The fourth-order valence-electron chi connectivity index (χ4n) is 5.30. The molecule has 32 heavy (non-hydrogen) atoms. The normalized spacial score (nSPS) is 23.0. The molecule has 1 aromatic carbocycles. The molecule has 0 radical (unpaired) electrons. The molecule has 3 aliphatic rings. The van der Waals surface area contributed by atoms with Gasteiger partial charge in [0.05, 0.1) is 15.9 Å². The molecule has 3 fully saturated rings. The van der Waals surface area contributed by atoms with Crippen molar-refractivity contribution >= 4 is 51.1 Å². The topological polar surface area (TPSA) is 111 Å². The summed E-state index contributed by atoms with van der Waals surface area (Å²) in [6, 6.07) is 4.16. The first-order valence-corrected chi connectivity index (χ1v) is 11.4. The van der Waals surface area contributed by atoms with Gasteiger partial charge in [-0.1, -0.05) is 23.2 Å². The average molecular weight is 473 g/mol. The Hall–Kier alpha value is -2.62. The SMILES string of the molecule is Cn1nc2ccc(-c3n[nH]c4nc(N5C[C@H]6CC[C@H]5C[C@H]6N)n(C)c(=O)c34)c(Cl)c2c1Cl. The lowest BCUT2D eigenvalue weighted by Crippen LogP contribution is -2.58. The second kappa shape index (κ2) is 6.94. The van der Waals surface area contributed by atoms with E-state index in [-0.39, 0.29) is 11.6 Å². The third-order valence-electron chi connectivity index (χ3n) is 7.05. The number of halogens is 2. The van der Waals surface area contributed by atoms with Crippen LogP contribution in [0.4, 0.5) is 5.95 Å². The molecule has 7 rings (SSSR count). The number of nitrogens with two attached hydrogens (primary N) is 1. The minimum absolute atomic E-state index is 0.173. The van der Waals surface area contributed by atoms with Crippen LogP contribution in [0.3, 0.4) is 0 Å². The Morgan fingerprint density at radius 1 is 1.19 bits per heavy atom. The Balaban J connectivity index is 1.51. The average Bonchev–Trinajstić information content (AvgIpc) is 3.32. The molecular formula is C21H22Cl2N8O. The molecule has 0 amide bonds. The lowest BCUT2D eigenvalue weighted by molar-refractivity contribution is 0.213. The van der Waals surface area contributed by atoms with Gasteiger partial charge in [-0.15, -0.1) is 0 Å². The van der Waals surface area contributed by atoms with E-state index in [9.17, 15) is 4.79 Å². The van der Waals surface area contributed by atoms with Crippen LogP contribution in [0.2, 0.25) is 10.2 Å². The van der Waals surface area contributed by atoms with Crippen LogP contribution < -0.4 is 16.2 Å². The Kier molecular flexibility index (Phi) is 4.34. The molecule has 0 unspecified atom stereocenters. The summed E-state index contributed by atoms with van der Waals surface area (Å²) in [6.07, 6.45) is 3.13. The standard InChI is InChI=1S/C21H22Cl2N8O/c1-29-20(32)15-17(11-5-6-13-14(16(11)22)18(23)30(2)28-13)26-27-19(15)25-21(29)31-8-9-3-4-10(31)7-12(9)24/h5-6,9-10,12H,3-4,7-8,24H2,1-2H3,(H,26,27)/t9-,10+,12-/m1/s1. The highest BCUT2D eigenvalue weighted by Gasteiger charge is 2.40. The lowest BCUT2D eigenvalue weighted by Gasteiger charge is -2.49. The molecule has 1 aliphatic carbocycles. The van der Waals surface area contributed by atoms with Gasteiger partial charge >= 0.3 is 0 Å². The van der Waals surface area contributed by atoms with Crippen LogP contribution in [-0.4, -0.2) is 48.2 Å². The summed E-state index contributed by atoms with van der Waals surface area (Å²) >= 11 is 13.1. The van der Waals surface area contributed by atoms with Gasteiger partial charge in [-0.3, -0.25) is 19.1 Å². The van der Waals surface area contributed by atoms with Gasteiger partial charge < -0.3 is 10.6 Å². The molecular weight excluding hydrogens is 451 g/mol. The first-order chi connectivity index (χ1) is 15.3. The molecule has 5 heterocycles. The molecule has 3 aromatic heterocycles. The number of aromatic amines is 1. The molecule has 2 aliphatic heterocycles. The summed E-state index contributed by atoms with van der Waals surface area (Å²) in [6.45, 7) is 0.820. The number of aryl methyl sites for hydroxylation is 1. The van der Waals surface area contributed by atoms with Crippen molar-refractivity contribution in [1.29, 1.82) is 0 Å². The highest BCUT2D eigenvalue weighted by molar-refractivity contribution is 6.43. The molecule has 166 valence electrons. The Bertz CT molecular complexity index is 1450. The fraction of sp³-hybridized carbons (Fsp3) is 0.429. The van der Waals surface area contributed by atoms with Crippen molar-refractivity contribution in [1.82, 2.24) is 29.5 Å². The first-order valence-electron chi connectivity index (χ1n) is 10.6. The highest BCUT2D eigenvalue weighted by Crippen LogP contribution is 2.39. The van der Waals surface area contributed by atoms with Crippen molar-refractivity contribution in [2.75, 3.05) is 11.4 Å². The number of nitrogens with zero attached hydrogens (tertiary/aromatic N) is 6. The number of H-pyrrole nitrogens is 1. The van der Waals surface area contributed by atoms with Gasteiger partial charge in [0.25, 0.3) is 5.56 Å². The highest BCUT2D eigenvalue weighted by atomic mass is 35.5. The molecule has 2 saturated heterocycles. The Morgan fingerprint density at radius 3 is 2.72 bits per heavy atom. The number of anilines is 1.